The second-order valence-corrected chi connectivity index (χ2v) is 7.94. The van der Waals surface area contributed by atoms with Crippen LogP contribution < -0.4 is 10.2 Å². The first-order chi connectivity index (χ1) is 13.1. The molecule has 2 aromatic rings. The third-order valence-electron chi connectivity index (χ3n) is 4.95. The zero-order chi connectivity index (χ0) is 19.1. The number of carbonyl (C=O) groups is 2. The Morgan fingerprint density at radius 3 is 2.78 bits per heavy atom. The number of anilines is 1. The summed E-state index contributed by atoms with van der Waals surface area (Å²) in [6.45, 7) is 2.18. The second kappa shape index (κ2) is 9.55. The topological polar surface area (TPSA) is 52.7 Å². The van der Waals surface area contributed by atoms with Crippen LogP contribution >= 0.6 is 11.3 Å². The van der Waals surface area contributed by atoms with Gasteiger partial charge >= 0.3 is 0 Å². The highest BCUT2D eigenvalue weighted by Gasteiger charge is 2.33. The van der Waals surface area contributed by atoms with Crippen molar-refractivity contribution >= 4 is 28.8 Å². The molecule has 1 aliphatic rings. The summed E-state index contributed by atoms with van der Waals surface area (Å²) in [5.74, 6) is 0.0355. The van der Waals surface area contributed by atoms with Crippen molar-refractivity contribution in [3.63, 3.8) is 0 Å². The third kappa shape index (κ3) is 5.32. The number of nitrogens with zero attached hydrogens (tertiary/aromatic N) is 2. The van der Waals surface area contributed by atoms with Crippen LogP contribution in [0.5, 0.6) is 0 Å². The number of benzene rings is 1. The summed E-state index contributed by atoms with van der Waals surface area (Å²) < 4.78 is 0. The van der Waals surface area contributed by atoms with Gasteiger partial charge in [-0.15, -0.1) is 11.3 Å². The van der Waals surface area contributed by atoms with Crippen molar-refractivity contribution in [1.29, 1.82) is 0 Å². The van der Waals surface area contributed by atoms with E-state index in [1.54, 1.807) is 16.2 Å². The number of carbonyl (C=O) groups excluding carboxylic acids is 2. The normalized spacial score (nSPS) is 16.3. The molecule has 3 rings (SSSR count). The molecule has 0 aliphatic carbocycles. The van der Waals surface area contributed by atoms with E-state index < -0.39 is 0 Å². The zero-order valence-corrected chi connectivity index (χ0v) is 16.6. The van der Waals surface area contributed by atoms with Crippen LogP contribution in [0.4, 0.5) is 5.69 Å². The summed E-state index contributed by atoms with van der Waals surface area (Å²) in [7, 11) is 2.05. The predicted octanol–water partition coefficient (Wildman–Crippen LogP) is 2.92. The van der Waals surface area contributed by atoms with Gasteiger partial charge < -0.3 is 15.1 Å². The van der Waals surface area contributed by atoms with E-state index in [2.05, 4.69) is 29.4 Å². The highest BCUT2D eigenvalue weighted by molar-refractivity contribution is 7.10. The summed E-state index contributed by atoms with van der Waals surface area (Å²) in [6.07, 6.45) is 2.91. The predicted molar refractivity (Wildman–Crippen MR) is 110 cm³/mol. The lowest BCUT2D eigenvalue weighted by molar-refractivity contribution is -0.137. The first kappa shape index (κ1) is 19.4. The maximum Gasteiger partial charge on any atom is 0.242 e. The lowest BCUT2D eigenvalue weighted by Gasteiger charge is -2.24. The van der Waals surface area contributed by atoms with Gasteiger partial charge in [-0.3, -0.25) is 9.59 Å². The lowest BCUT2D eigenvalue weighted by Crippen LogP contribution is -2.46. The van der Waals surface area contributed by atoms with Gasteiger partial charge in [0.2, 0.25) is 11.8 Å². The standard InChI is InChI=1S/C21H27N3O2S/c1-23(17-8-3-2-4-9-17)13-7-12-22-21(26)19-11-5-14-24(19)20(25)16-18-10-6-15-27-18/h2-4,6,8-10,15,19H,5,7,11-14,16H2,1H3,(H,22,26). The van der Waals surface area contributed by atoms with Gasteiger partial charge in [-0.2, -0.15) is 0 Å². The molecule has 1 aliphatic heterocycles. The molecule has 0 saturated carbocycles. The van der Waals surface area contributed by atoms with Crippen molar-refractivity contribution < 1.29 is 9.59 Å². The molecular formula is C21H27N3O2S. The number of nitrogens with one attached hydrogen (secondary N) is 1. The molecule has 2 amide bonds. The first-order valence-corrected chi connectivity index (χ1v) is 10.4. The summed E-state index contributed by atoms with van der Waals surface area (Å²) in [5, 5.41) is 4.99. The van der Waals surface area contributed by atoms with Gasteiger partial charge in [0.1, 0.15) is 6.04 Å². The fraction of sp³-hybridized carbons (Fsp3) is 0.429. The van der Waals surface area contributed by atoms with E-state index in [-0.39, 0.29) is 17.9 Å². The van der Waals surface area contributed by atoms with Gasteiger partial charge in [-0.1, -0.05) is 24.3 Å². The van der Waals surface area contributed by atoms with Crippen molar-refractivity contribution in [2.45, 2.75) is 31.7 Å². The van der Waals surface area contributed by atoms with Crippen LogP contribution in [-0.4, -0.2) is 49.4 Å². The van der Waals surface area contributed by atoms with Crippen LogP contribution in [0.2, 0.25) is 0 Å². The average molecular weight is 386 g/mol. The Balaban J connectivity index is 1.42. The monoisotopic (exact) mass is 385 g/mol. The smallest absolute Gasteiger partial charge is 0.242 e. The van der Waals surface area contributed by atoms with Crippen molar-refractivity contribution in [1.82, 2.24) is 10.2 Å². The lowest BCUT2D eigenvalue weighted by atomic mass is 10.2. The van der Waals surface area contributed by atoms with Gasteiger partial charge in [-0.05, 0) is 42.8 Å². The molecule has 1 fully saturated rings. The molecule has 1 unspecified atom stereocenters. The van der Waals surface area contributed by atoms with E-state index >= 15 is 0 Å². The van der Waals surface area contributed by atoms with E-state index in [1.165, 1.54) is 5.69 Å². The highest BCUT2D eigenvalue weighted by atomic mass is 32.1. The summed E-state index contributed by atoms with van der Waals surface area (Å²) in [4.78, 5) is 30.1. The van der Waals surface area contributed by atoms with E-state index in [9.17, 15) is 9.59 Å². The zero-order valence-electron chi connectivity index (χ0n) is 15.8. The number of likely N-dealkylation sites (tertiary alicyclic amines) is 1. The number of thiophene rings is 1. The molecule has 5 nitrogen and oxygen atoms in total. The Kier molecular flexibility index (Phi) is 6.87. The molecule has 1 atom stereocenters. The summed E-state index contributed by atoms with van der Waals surface area (Å²) >= 11 is 1.58. The number of hydrogen-bond acceptors (Lipinski definition) is 4. The maximum atomic E-state index is 12.6. The maximum absolute atomic E-state index is 12.6. The molecule has 1 saturated heterocycles. The average Bonchev–Trinajstić information content (AvgIpc) is 3.37. The fourth-order valence-corrected chi connectivity index (χ4v) is 4.15. The van der Waals surface area contributed by atoms with E-state index in [4.69, 9.17) is 0 Å². The minimum Gasteiger partial charge on any atom is -0.375 e. The minimum atomic E-state index is -0.315. The Bertz CT molecular complexity index is 733. The van der Waals surface area contributed by atoms with E-state index in [1.807, 2.05) is 35.7 Å². The molecule has 1 N–H and O–H groups in total. The molecule has 0 spiro atoms. The number of hydrogen-bond donors (Lipinski definition) is 1. The van der Waals surface area contributed by atoms with Gasteiger partial charge in [0, 0.05) is 37.2 Å². The van der Waals surface area contributed by atoms with Crippen LogP contribution in [0.3, 0.4) is 0 Å². The van der Waals surface area contributed by atoms with Crippen molar-refractivity contribution in [2.24, 2.45) is 0 Å². The molecule has 2 heterocycles. The Labute approximate surface area is 165 Å². The van der Waals surface area contributed by atoms with Gasteiger partial charge in [0.25, 0.3) is 0 Å². The minimum absolute atomic E-state index is 0.0191. The van der Waals surface area contributed by atoms with E-state index in [0.717, 1.165) is 30.7 Å². The SMILES string of the molecule is CN(CCCNC(=O)C1CCCN1C(=O)Cc1cccs1)c1ccccc1. The highest BCUT2D eigenvalue weighted by Crippen LogP contribution is 2.20. The fourth-order valence-electron chi connectivity index (χ4n) is 3.46. The molecule has 0 bridgehead atoms. The molecule has 6 heteroatoms. The summed E-state index contributed by atoms with van der Waals surface area (Å²) in [5.41, 5.74) is 1.17. The number of para-hydroxylation sites is 1. The Morgan fingerprint density at radius 1 is 1.22 bits per heavy atom. The Morgan fingerprint density at radius 2 is 2.04 bits per heavy atom. The molecule has 1 aromatic carbocycles. The van der Waals surface area contributed by atoms with Crippen LogP contribution in [0.1, 0.15) is 24.1 Å². The Hall–Kier alpha value is -2.34. The third-order valence-corrected chi connectivity index (χ3v) is 5.82. The quantitative estimate of drug-likeness (QED) is 0.711. The van der Waals surface area contributed by atoms with Crippen LogP contribution in [0.15, 0.2) is 47.8 Å². The largest absolute Gasteiger partial charge is 0.375 e. The van der Waals surface area contributed by atoms with Gasteiger partial charge in [-0.25, -0.2) is 0 Å². The van der Waals surface area contributed by atoms with Crippen LogP contribution in [0.25, 0.3) is 0 Å². The van der Waals surface area contributed by atoms with Crippen LogP contribution in [0, 0.1) is 0 Å². The van der Waals surface area contributed by atoms with Crippen molar-refractivity contribution in [3.8, 4) is 0 Å². The molecule has 0 radical (unpaired) electrons. The number of rotatable bonds is 8. The van der Waals surface area contributed by atoms with Gasteiger partial charge in [0.15, 0.2) is 0 Å². The molecule has 27 heavy (non-hydrogen) atoms. The first-order valence-electron chi connectivity index (χ1n) is 9.51. The van der Waals surface area contributed by atoms with Crippen LogP contribution in [-0.2, 0) is 16.0 Å². The number of amides is 2. The molecule has 144 valence electrons. The van der Waals surface area contributed by atoms with Crippen molar-refractivity contribution in [3.05, 3.63) is 52.7 Å². The molecule has 1 aromatic heterocycles. The van der Waals surface area contributed by atoms with Gasteiger partial charge in [0.05, 0.1) is 6.42 Å². The van der Waals surface area contributed by atoms with Crippen molar-refractivity contribution in [2.75, 3.05) is 31.6 Å². The second-order valence-electron chi connectivity index (χ2n) is 6.90. The molecular weight excluding hydrogens is 358 g/mol. The summed E-state index contributed by atoms with van der Waals surface area (Å²) in [6, 6.07) is 13.8. The van der Waals surface area contributed by atoms with E-state index in [0.29, 0.717) is 19.5 Å².